The van der Waals surface area contributed by atoms with E-state index < -0.39 is 21.5 Å². The number of rotatable bonds is 8. The number of hydrogen-bond acceptors (Lipinski definition) is 5. The molecule has 0 saturated carbocycles. The van der Waals surface area contributed by atoms with Crippen molar-refractivity contribution in [1.82, 2.24) is 10.6 Å². The summed E-state index contributed by atoms with van der Waals surface area (Å²) in [7, 11) is -3.98. The number of ether oxygens (including phenoxy) is 1. The highest BCUT2D eigenvalue weighted by Crippen LogP contribution is 2.23. The Morgan fingerprint density at radius 1 is 1.06 bits per heavy atom. The van der Waals surface area contributed by atoms with Crippen LogP contribution in [0.15, 0.2) is 47.4 Å². The Morgan fingerprint density at radius 2 is 1.71 bits per heavy atom. The highest BCUT2D eigenvalue weighted by atomic mass is 35.5. The average Bonchev–Trinajstić information content (AvgIpc) is 2.66. The summed E-state index contributed by atoms with van der Waals surface area (Å²) in [6, 6.07) is 10.2. The third kappa shape index (κ3) is 7.45. The van der Waals surface area contributed by atoms with Crippen LogP contribution in [0.3, 0.4) is 0 Å². The highest BCUT2D eigenvalue weighted by molar-refractivity contribution is 7.92. The second-order valence-electron chi connectivity index (χ2n) is 7.69. The molecule has 0 fully saturated rings. The maximum atomic E-state index is 12.7. The lowest BCUT2D eigenvalue weighted by atomic mass is 10.1. The maximum Gasteiger partial charge on any atom is 0.261 e. The van der Waals surface area contributed by atoms with Gasteiger partial charge in [0.2, 0.25) is 5.91 Å². The number of carbonyl (C=O) groups is 2. The molecule has 0 radical (unpaired) electrons. The van der Waals surface area contributed by atoms with Gasteiger partial charge >= 0.3 is 0 Å². The van der Waals surface area contributed by atoms with Gasteiger partial charge < -0.3 is 15.4 Å². The van der Waals surface area contributed by atoms with E-state index in [0.717, 1.165) is 6.07 Å². The Bertz CT molecular complexity index is 1050. The molecule has 0 spiro atoms. The monoisotopic (exact) mass is 467 g/mol. The van der Waals surface area contributed by atoms with Gasteiger partial charge in [0, 0.05) is 11.2 Å². The predicted molar refractivity (Wildman–Crippen MR) is 120 cm³/mol. The second-order valence-corrected chi connectivity index (χ2v) is 9.77. The minimum absolute atomic E-state index is 0.0557. The lowest BCUT2D eigenvalue weighted by molar-refractivity contribution is -0.121. The number of benzene rings is 2. The van der Waals surface area contributed by atoms with Crippen molar-refractivity contribution in [2.45, 2.75) is 38.1 Å². The zero-order valence-electron chi connectivity index (χ0n) is 17.8. The lowest BCUT2D eigenvalue weighted by Gasteiger charge is -2.20. The SMILES string of the molecule is CCOc1ccc(NS(=O)(=O)c2ccc(Cl)c(C(=O)NCC(=O)NC(C)(C)C)c2)cc1. The first-order valence-corrected chi connectivity index (χ1v) is 11.4. The van der Waals surface area contributed by atoms with E-state index in [1.807, 2.05) is 27.7 Å². The fraction of sp³-hybridized carbons (Fsp3) is 0.333. The second kappa shape index (κ2) is 10.0. The Balaban J connectivity index is 2.14. The van der Waals surface area contributed by atoms with Crippen molar-refractivity contribution in [1.29, 1.82) is 0 Å². The van der Waals surface area contributed by atoms with Crippen LogP contribution in [0.4, 0.5) is 5.69 Å². The molecule has 2 aromatic carbocycles. The standard InChI is InChI=1S/C21H26ClN3O5S/c1-5-30-15-8-6-14(7-9-15)25-31(28,29)16-10-11-18(22)17(12-16)20(27)23-13-19(26)24-21(2,3)4/h6-12,25H,5,13H2,1-4H3,(H,23,27)(H,24,26). The van der Waals surface area contributed by atoms with E-state index in [0.29, 0.717) is 18.0 Å². The van der Waals surface area contributed by atoms with E-state index in [4.69, 9.17) is 16.3 Å². The summed E-state index contributed by atoms with van der Waals surface area (Å²) < 4.78 is 33.3. The lowest BCUT2D eigenvalue weighted by Crippen LogP contribution is -2.45. The van der Waals surface area contributed by atoms with E-state index in [-0.39, 0.29) is 27.9 Å². The van der Waals surface area contributed by atoms with E-state index in [9.17, 15) is 18.0 Å². The van der Waals surface area contributed by atoms with Gasteiger partial charge in [-0.2, -0.15) is 0 Å². The van der Waals surface area contributed by atoms with Crippen molar-refractivity contribution in [2.75, 3.05) is 17.9 Å². The van der Waals surface area contributed by atoms with Crippen LogP contribution in [0.1, 0.15) is 38.1 Å². The first kappa shape index (κ1) is 24.5. The van der Waals surface area contributed by atoms with Crippen LogP contribution in [0, 0.1) is 0 Å². The molecule has 10 heteroatoms. The molecule has 31 heavy (non-hydrogen) atoms. The largest absolute Gasteiger partial charge is 0.494 e. The van der Waals surface area contributed by atoms with Crippen LogP contribution in [0.2, 0.25) is 5.02 Å². The number of sulfonamides is 1. The molecule has 168 valence electrons. The number of carbonyl (C=O) groups excluding carboxylic acids is 2. The van der Waals surface area contributed by atoms with Gasteiger partial charge in [-0.1, -0.05) is 11.6 Å². The Kier molecular flexibility index (Phi) is 7.91. The van der Waals surface area contributed by atoms with E-state index >= 15 is 0 Å². The quantitative estimate of drug-likeness (QED) is 0.551. The summed E-state index contributed by atoms with van der Waals surface area (Å²) in [5.41, 5.74) is -0.164. The normalized spacial score (nSPS) is 11.5. The summed E-state index contributed by atoms with van der Waals surface area (Å²) >= 11 is 6.08. The van der Waals surface area contributed by atoms with Gasteiger partial charge in [-0.15, -0.1) is 0 Å². The fourth-order valence-corrected chi connectivity index (χ4v) is 3.85. The summed E-state index contributed by atoms with van der Waals surface area (Å²) in [6.45, 7) is 7.52. The van der Waals surface area contributed by atoms with Crippen LogP contribution < -0.4 is 20.1 Å². The molecule has 0 unspecified atom stereocenters. The van der Waals surface area contributed by atoms with Crippen LogP contribution in [-0.4, -0.2) is 38.9 Å². The molecule has 0 aliphatic heterocycles. The number of nitrogens with one attached hydrogen (secondary N) is 3. The molecule has 0 aliphatic carbocycles. The summed E-state index contributed by atoms with van der Waals surface area (Å²) in [4.78, 5) is 24.2. The van der Waals surface area contributed by atoms with Crippen LogP contribution in [0.5, 0.6) is 5.75 Å². The van der Waals surface area contributed by atoms with Crippen molar-refractivity contribution in [3.05, 3.63) is 53.1 Å². The number of amides is 2. The topological polar surface area (TPSA) is 114 Å². The van der Waals surface area contributed by atoms with Crippen LogP contribution in [0.25, 0.3) is 0 Å². The van der Waals surface area contributed by atoms with Crippen molar-refractivity contribution >= 4 is 39.1 Å². The van der Waals surface area contributed by atoms with Gasteiger partial charge in [0.15, 0.2) is 0 Å². The van der Waals surface area contributed by atoms with Gasteiger partial charge in [0.05, 0.1) is 28.6 Å². The molecule has 0 heterocycles. The molecular formula is C21H26ClN3O5S. The van der Waals surface area contributed by atoms with Gasteiger partial charge in [0.1, 0.15) is 5.75 Å². The number of anilines is 1. The van der Waals surface area contributed by atoms with Crippen molar-refractivity contribution in [2.24, 2.45) is 0 Å². The molecular weight excluding hydrogens is 442 g/mol. The summed E-state index contributed by atoms with van der Waals surface area (Å²) in [5.74, 6) is -0.420. The maximum absolute atomic E-state index is 12.7. The molecule has 3 N–H and O–H groups in total. The van der Waals surface area contributed by atoms with E-state index in [1.165, 1.54) is 12.1 Å². The molecule has 0 bridgehead atoms. The molecule has 2 amide bonds. The number of halogens is 1. The van der Waals surface area contributed by atoms with Crippen molar-refractivity contribution in [3.63, 3.8) is 0 Å². The van der Waals surface area contributed by atoms with E-state index in [2.05, 4.69) is 15.4 Å². The minimum Gasteiger partial charge on any atom is -0.494 e. The van der Waals surface area contributed by atoms with Crippen LogP contribution >= 0.6 is 11.6 Å². The van der Waals surface area contributed by atoms with Crippen molar-refractivity contribution in [3.8, 4) is 5.75 Å². The Labute approximate surface area is 187 Å². The van der Waals surface area contributed by atoms with Gasteiger partial charge in [0.25, 0.3) is 15.9 Å². The molecule has 2 rings (SSSR count). The predicted octanol–water partition coefficient (Wildman–Crippen LogP) is 3.18. The smallest absolute Gasteiger partial charge is 0.261 e. The third-order valence-electron chi connectivity index (χ3n) is 3.83. The summed E-state index contributed by atoms with van der Waals surface area (Å²) in [5, 5.41) is 5.22. The molecule has 0 aliphatic rings. The molecule has 0 atom stereocenters. The fourth-order valence-electron chi connectivity index (χ4n) is 2.56. The first-order chi connectivity index (χ1) is 14.4. The van der Waals surface area contributed by atoms with Gasteiger partial charge in [-0.05, 0) is 70.2 Å². The van der Waals surface area contributed by atoms with Gasteiger partial charge in [-0.25, -0.2) is 8.42 Å². The van der Waals surface area contributed by atoms with Crippen molar-refractivity contribution < 1.29 is 22.7 Å². The molecule has 0 aromatic heterocycles. The number of hydrogen-bond donors (Lipinski definition) is 3. The Hall–Kier alpha value is -2.78. The first-order valence-electron chi connectivity index (χ1n) is 9.56. The summed E-state index contributed by atoms with van der Waals surface area (Å²) in [6.07, 6.45) is 0. The Morgan fingerprint density at radius 3 is 2.29 bits per heavy atom. The van der Waals surface area contributed by atoms with E-state index in [1.54, 1.807) is 24.3 Å². The van der Waals surface area contributed by atoms with Gasteiger partial charge in [-0.3, -0.25) is 14.3 Å². The zero-order chi connectivity index (χ0) is 23.2. The zero-order valence-corrected chi connectivity index (χ0v) is 19.4. The minimum atomic E-state index is -3.98. The third-order valence-corrected chi connectivity index (χ3v) is 5.54. The molecule has 8 nitrogen and oxygen atoms in total. The average molecular weight is 468 g/mol. The van der Waals surface area contributed by atoms with Crippen LogP contribution in [-0.2, 0) is 14.8 Å². The highest BCUT2D eigenvalue weighted by Gasteiger charge is 2.20. The molecule has 2 aromatic rings. The molecule has 0 saturated heterocycles.